The number of unbranched alkanes of at least 4 members (excludes halogenated alkanes) is 9. The predicted octanol–water partition coefficient (Wildman–Crippen LogP) is 12.6. The first-order valence-electron chi connectivity index (χ1n) is 21.2. The molecule has 0 bridgehead atoms. The van der Waals surface area contributed by atoms with Crippen molar-refractivity contribution in [3.05, 3.63) is 179 Å². The predicted molar refractivity (Wildman–Crippen MR) is 238 cm³/mol. The molecule has 0 fully saturated rings. The molecule has 6 aromatic rings. The zero-order valence-corrected chi connectivity index (χ0v) is 34.8. The topological polar surface area (TPSA) is 129 Å². The minimum Gasteiger partial charge on any atom is -0.423 e. The second-order valence-corrected chi connectivity index (χ2v) is 15.0. The summed E-state index contributed by atoms with van der Waals surface area (Å²) < 4.78 is 21.9. The first-order chi connectivity index (χ1) is 30.3. The van der Waals surface area contributed by atoms with Gasteiger partial charge in [-0.25, -0.2) is 19.2 Å². The Kier molecular flexibility index (Phi) is 16.3. The Morgan fingerprint density at radius 2 is 0.806 bits per heavy atom. The molecule has 0 radical (unpaired) electrons. The lowest BCUT2D eigenvalue weighted by atomic mass is 10.00. The summed E-state index contributed by atoms with van der Waals surface area (Å²) >= 11 is 0. The van der Waals surface area contributed by atoms with Crippen molar-refractivity contribution < 1.29 is 38.1 Å². The normalized spacial score (nSPS) is 10.6. The number of esters is 4. The maximum atomic E-state index is 13.0. The minimum atomic E-state index is -0.708. The number of nitriles is 1. The summed E-state index contributed by atoms with van der Waals surface area (Å²) in [7, 11) is 0. The number of aryl methyl sites for hydroxylation is 1. The molecular weight excluding hydrogens is 779 g/mol. The zero-order chi connectivity index (χ0) is 43.5. The molecule has 9 nitrogen and oxygen atoms in total. The Morgan fingerprint density at radius 1 is 0.419 bits per heavy atom. The summed E-state index contributed by atoms with van der Waals surface area (Å²) in [6, 6.07) is 41.8. The van der Waals surface area contributed by atoms with Crippen molar-refractivity contribution >= 4 is 23.9 Å². The molecule has 6 aromatic carbocycles. The summed E-state index contributed by atoms with van der Waals surface area (Å²) in [5, 5.41) is 8.93. The van der Waals surface area contributed by atoms with Gasteiger partial charge in [-0.05, 0) is 133 Å². The molecule has 0 atom stereocenters. The Morgan fingerprint density at radius 3 is 1.27 bits per heavy atom. The first kappa shape index (κ1) is 44.2. The summed E-state index contributed by atoms with van der Waals surface area (Å²) in [5.74, 6) is -1.70. The molecule has 0 N–H and O–H groups in total. The van der Waals surface area contributed by atoms with Crippen LogP contribution in [0.2, 0.25) is 0 Å². The average molecular weight is 828 g/mol. The molecule has 0 saturated heterocycles. The van der Waals surface area contributed by atoms with Crippen molar-refractivity contribution in [2.24, 2.45) is 0 Å². The van der Waals surface area contributed by atoms with Gasteiger partial charge in [0.2, 0.25) is 0 Å². The molecule has 0 saturated carbocycles. The number of ether oxygens (including phenoxy) is 4. The third kappa shape index (κ3) is 13.4. The highest BCUT2D eigenvalue weighted by Crippen LogP contribution is 2.24. The summed E-state index contributed by atoms with van der Waals surface area (Å²) in [6.07, 6.45) is 14.4. The lowest BCUT2D eigenvalue weighted by Gasteiger charge is -2.09. The quantitative estimate of drug-likeness (QED) is 0.0419. The van der Waals surface area contributed by atoms with Crippen LogP contribution in [0.3, 0.4) is 0 Å². The van der Waals surface area contributed by atoms with E-state index in [4.69, 9.17) is 24.2 Å². The van der Waals surface area contributed by atoms with Gasteiger partial charge >= 0.3 is 23.9 Å². The monoisotopic (exact) mass is 827 g/mol. The van der Waals surface area contributed by atoms with Crippen molar-refractivity contribution in [1.82, 2.24) is 0 Å². The van der Waals surface area contributed by atoms with E-state index in [9.17, 15) is 19.2 Å². The second-order valence-electron chi connectivity index (χ2n) is 15.0. The van der Waals surface area contributed by atoms with Crippen molar-refractivity contribution in [3.63, 3.8) is 0 Å². The smallest absolute Gasteiger partial charge is 0.343 e. The summed E-state index contributed by atoms with van der Waals surface area (Å²) in [5.41, 5.74) is 4.82. The number of carbonyl (C=O) groups excluding carboxylic acids is 4. The fourth-order valence-corrected chi connectivity index (χ4v) is 6.75. The standard InChI is InChI=1S/C53H49NO8/c1-2-3-4-5-6-7-8-9-10-11-13-38-16-20-40(21-17-38)41-22-24-42(25-23-41)50(55)60-47-32-28-44(29-33-47)52(57)62-49-15-12-14-45(36-49)53(58)61-48-34-26-43(27-35-48)51(56)59-46-30-18-39(37-54)19-31-46/h12,14-36H,2-11,13H2,1H3. The van der Waals surface area contributed by atoms with Gasteiger partial charge < -0.3 is 18.9 Å². The number of hydrogen-bond acceptors (Lipinski definition) is 9. The Labute approximate surface area is 362 Å². The number of benzene rings is 6. The highest BCUT2D eigenvalue weighted by Gasteiger charge is 2.16. The van der Waals surface area contributed by atoms with Gasteiger partial charge in [0.1, 0.15) is 23.0 Å². The van der Waals surface area contributed by atoms with Crippen molar-refractivity contribution in [2.75, 3.05) is 0 Å². The Bertz CT molecular complexity index is 2450. The Hall–Kier alpha value is -7.31. The van der Waals surface area contributed by atoms with Gasteiger partial charge in [0.15, 0.2) is 0 Å². The average Bonchev–Trinajstić information content (AvgIpc) is 3.30. The lowest BCUT2D eigenvalue weighted by Crippen LogP contribution is -2.12. The van der Waals surface area contributed by atoms with Crippen LogP contribution >= 0.6 is 0 Å². The fourth-order valence-electron chi connectivity index (χ4n) is 6.75. The molecule has 9 heteroatoms. The van der Waals surface area contributed by atoms with Crippen LogP contribution in [-0.4, -0.2) is 23.9 Å². The molecule has 0 aromatic heterocycles. The highest BCUT2D eigenvalue weighted by molar-refractivity contribution is 5.95. The van der Waals surface area contributed by atoms with E-state index in [1.165, 1.54) is 161 Å². The minimum absolute atomic E-state index is 0.115. The van der Waals surface area contributed by atoms with E-state index in [1.807, 2.05) is 18.2 Å². The van der Waals surface area contributed by atoms with Gasteiger partial charge in [0, 0.05) is 0 Å². The van der Waals surface area contributed by atoms with Crippen LogP contribution in [0.15, 0.2) is 146 Å². The molecule has 6 rings (SSSR count). The van der Waals surface area contributed by atoms with Gasteiger partial charge in [0.05, 0.1) is 33.9 Å². The van der Waals surface area contributed by atoms with Crippen LogP contribution in [-0.2, 0) is 6.42 Å². The van der Waals surface area contributed by atoms with E-state index >= 15 is 0 Å². The van der Waals surface area contributed by atoms with E-state index in [-0.39, 0.29) is 39.7 Å². The number of rotatable bonds is 20. The number of hydrogen-bond donors (Lipinski definition) is 0. The summed E-state index contributed by atoms with van der Waals surface area (Å²) in [6.45, 7) is 2.26. The van der Waals surface area contributed by atoms with Gasteiger partial charge in [-0.1, -0.05) is 107 Å². The highest BCUT2D eigenvalue weighted by atomic mass is 16.5. The van der Waals surface area contributed by atoms with Crippen molar-refractivity contribution in [1.29, 1.82) is 5.26 Å². The van der Waals surface area contributed by atoms with Crippen LogP contribution < -0.4 is 18.9 Å². The number of carbonyl (C=O) groups is 4. The van der Waals surface area contributed by atoms with E-state index < -0.39 is 23.9 Å². The van der Waals surface area contributed by atoms with Gasteiger partial charge in [0.25, 0.3) is 0 Å². The molecule has 0 aliphatic heterocycles. The molecule has 0 unspecified atom stereocenters. The molecule has 0 spiro atoms. The third-order valence-electron chi connectivity index (χ3n) is 10.3. The van der Waals surface area contributed by atoms with Gasteiger partial charge in [-0.3, -0.25) is 0 Å². The molecule has 314 valence electrons. The lowest BCUT2D eigenvalue weighted by molar-refractivity contribution is 0.0712. The zero-order valence-electron chi connectivity index (χ0n) is 34.8. The van der Waals surface area contributed by atoms with Crippen LogP contribution in [0.25, 0.3) is 11.1 Å². The molecular formula is C53H49NO8. The van der Waals surface area contributed by atoms with Crippen LogP contribution in [0.5, 0.6) is 23.0 Å². The van der Waals surface area contributed by atoms with E-state index in [1.54, 1.807) is 18.2 Å². The fraction of sp³-hybridized carbons (Fsp3) is 0.226. The van der Waals surface area contributed by atoms with Gasteiger partial charge in [-0.15, -0.1) is 0 Å². The third-order valence-corrected chi connectivity index (χ3v) is 10.3. The van der Waals surface area contributed by atoms with Crippen LogP contribution in [0.4, 0.5) is 0 Å². The molecule has 0 heterocycles. The van der Waals surface area contributed by atoms with E-state index in [2.05, 4.69) is 31.2 Å². The summed E-state index contributed by atoms with van der Waals surface area (Å²) in [4.78, 5) is 51.3. The maximum absolute atomic E-state index is 13.0. The van der Waals surface area contributed by atoms with E-state index in [0.29, 0.717) is 11.1 Å². The Balaban J connectivity index is 0.927. The SMILES string of the molecule is CCCCCCCCCCCCc1ccc(-c2ccc(C(=O)Oc3ccc(C(=O)Oc4cccc(C(=O)Oc5ccc(C(=O)Oc6ccc(C#N)cc6)cc5)c4)cc3)cc2)cc1. The molecule has 62 heavy (non-hydrogen) atoms. The maximum Gasteiger partial charge on any atom is 0.343 e. The second kappa shape index (κ2) is 22.9. The largest absolute Gasteiger partial charge is 0.423 e. The van der Waals surface area contributed by atoms with E-state index in [0.717, 1.165) is 17.5 Å². The molecule has 0 amide bonds. The van der Waals surface area contributed by atoms with Gasteiger partial charge in [-0.2, -0.15) is 5.26 Å². The van der Waals surface area contributed by atoms with Crippen LogP contribution in [0, 0.1) is 11.3 Å². The van der Waals surface area contributed by atoms with Crippen molar-refractivity contribution in [3.8, 4) is 40.2 Å². The number of nitrogens with zero attached hydrogens (tertiary/aromatic N) is 1. The van der Waals surface area contributed by atoms with Crippen molar-refractivity contribution in [2.45, 2.75) is 77.6 Å². The van der Waals surface area contributed by atoms with Crippen LogP contribution in [0.1, 0.15) is 124 Å². The first-order valence-corrected chi connectivity index (χ1v) is 21.2. The molecule has 0 aliphatic rings. The molecule has 0 aliphatic carbocycles.